The molecule has 1 saturated heterocycles. The Balaban J connectivity index is 0.00000272. The molecule has 164 valence electrons. The summed E-state index contributed by atoms with van der Waals surface area (Å²) < 4.78 is 25.7. The lowest BCUT2D eigenvalue weighted by Gasteiger charge is -2.23. The molecule has 1 atom stereocenters. The molecule has 3 aromatic rings. The summed E-state index contributed by atoms with van der Waals surface area (Å²) in [4.78, 5) is 14.8. The average Bonchev–Trinajstić information content (AvgIpc) is 3.39. The first-order valence-corrected chi connectivity index (χ1v) is 10.1. The van der Waals surface area contributed by atoms with Crippen LogP contribution in [0.4, 0.5) is 4.39 Å². The van der Waals surface area contributed by atoms with Gasteiger partial charge in [-0.1, -0.05) is 17.3 Å². The summed E-state index contributed by atoms with van der Waals surface area (Å²) in [5.41, 5.74) is 7.42. The van der Waals surface area contributed by atoms with E-state index >= 15 is 0 Å². The Hall–Kier alpha value is -2.90. The maximum Gasteiger partial charge on any atom is 0.257 e. The number of aryl methyl sites for hydroxylation is 1. The second kappa shape index (κ2) is 9.94. The molecule has 0 spiro atoms. The zero-order chi connectivity index (χ0) is 21.1. The highest BCUT2D eigenvalue weighted by molar-refractivity contribution is 5.95. The summed E-state index contributed by atoms with van der Waals surface area (Å²) >= 11 is 0. The van der Waals surface area contributed by atoms with Crippen LogP contribution in [-0.2, 0) is 6.42 Å². The first-order chi connectivity index (χ1) is 14.5. The number of halogens is 2. The third-order valence-corrected chi connectivity index (χ3v) is 5.25. The molecule has 1 amide bonds. The molecule has 1 aliphatic heterocycles. The molecule has 0 aliphatic carbocycles. The molecule has 2 heterocycles. The first kappa shape index (κ1) is 22.8. The molecule has 0 radical (unpaired) electrons. The average molecular weight is 446 g/mol. The fraction of sp³-hybridized carbons (Fsp3) is 0.304. The van der Waals surface area contributed by atoms with Crippen LogP contribution in [0.5, 0.6) is 11.5 Å². The number of ether oxygens (including phenoxy) is 1. The molecule has 1 fully saturated rings. The Labute approximate surface area is 186 Å². The lowest BCUT2D eigenvalue weighted by atomic mass is 10.1. The Morgan fingerprint density at radius 2 is 1.97 bits per heavy atom. The summed E-state index contributed by atoms with van der Waals surface area (Å²) in [6, 6.07) is 13.3. The van der Waals surface area contributed by atoms with Crippen molar-refractivity contribution in [2.75, 3.05) is 13.1 Å². The van der Waals surface area contributed by atoms with Crippen molar-refractivity contribution >= 4 is 18.3 Å². The van der Waals surface area contributed by atoms with Gasteiger partial charge in [0.05, 0.1) is 17.3 Å². The Kier molecular flexibility index (Phi) is 7.30. The number of carbonyl (C=O) groups excluding carboxylic acids is 1. The van der Waals surface area contributed by atoms with Gasteiger partial charge in [-0.15, -0.1) is 12.4 Å². The third kappa shape index (κ3) is 5.06. The van der Waals surface area contributed by atoms with Crippen LogP contribution in [0.15, 0.2) is 53.1 Å². The molecule has 2 aromatic carbocycles. The van der Waals surface area contributed by atoms with E-state index in [-0.39, 0.29) is 29.9 Å². The van der Waals surface area contributed by atoms with Crippen LogP contribution < -0.4 is 10.5 Å². The third-order valence-electron chi connectivity index (χ3n) is 5.25. The molecule has 2 N–H and O–H groups in total. The van der Waals surface area contributed by atoms with Crippen molar-refractivity contribution in [2.45, 2.75) is 32.2 Å². The SMILES string of the molecule is Cc1cc(C2CCCN2C(=O)c2cc(Oc3ccc(CCN)cc3)ccc2F)on1.Cl. The molecule has 1 unspecified atom stereocenters. The van der Waals surface area contributed by atoms with E-state index in [9.17, 15) is 9.18 Å². The van der Waals surface area contributed by atoms with Crippen LogP contribution in [0.2, 0.25) is 0 Å². The highest BCUT2D eigenvalue weighted by atomic mass is 35.5. The van der Waals surface area contributed by atoms with E-state index in [1.807, 2.05) is 37.3 Å². The largest absolute Gasteiger partial charge is 0.457 e. The van der Waals surface area contributed by atoms with Crippen molar-refractivity contribution in [3.05, 3.63) is 76.9 Å². The molecule has 4 rings (SSSR count). The number of aromatic nitrogens is 1. The molecule has 0 saturated carbocycles. The smallest absolute Gasteiger partial charge is 0.257 e. The number of hydrogen-bond acceptors (Lipinski definition) is 5. The summed E-state index contributed by atoms with van der Waals surface area (Å²) in [7, 11) is 0. The number of hydrogen-bond donors (Lipinski definition) is 1. The van der Waals surface area contributed by atoms with Crippen LogP contribution in [0.1, 0.15) is 46.3 Å². The Morgan fingerprint density at radius 3 is 2.65 bits per heavy atom. The van der Waals surface area contributed by atoms with Crippen LogP contribution in [0.3, 0.4) is 0 Å². The van der Waals surface area contributed by atoms with Crippen molar-refractivity contribution in [1.82, 2.24) is 10.1 Å². The Morgan fingerprint density at radius 1 is 1.23 bits per heavy atom. The van der Waals surface area contributed by atoms with Crippen LogP contribution in [0, 0.1) is 12.7 Å². The standard InChI is InChI=1S/C23H24FN3O3.ClH/c1-15-13-22(30-26-15)21-3-2-12-27(21)23(28)19-14-18(8-9-20(19)24)29-17-6-4-16(5-7-17)10-11-25;/h4-9,13-14,21H,2-3,10-12,25H2,1H3;1H. The normalized spacial score (nSPS) is 15.6. The van der Waals surface area contributed by atoms with E-state index in [0.717, 1.165) is 30.5 Å². The second-order valence-electron chi connectivity index (χ2n) is 7.45. The number of rotatable bonds is 6. The van der Waals surface area contributed by atoms with Crippen LogP contribution in [-0.4, -0.2) is 29.1 Å². The minimum atomic E-state index is -0.579. The van der Waals surface area contributed by atoms with Crippen molar-refractivity contribution in [3.8, 4) is 11.5 Å². The van der Waals surface area contributed by atoms with Gasteiger partial charge in [0.2, 0.25) is 0 Å². The molecule has 31 heavy (non-hydrogen) atoms. The molecule has 0 bridgehead atoms. The number of nitrogens with zero attached hydrogens (tertiary/aromatic N) is 2. The van der Waals surface area contributed by atoms with Gasteiger partial charge in [-0.05, 0) is 68.6 Å². The van der Waals surface area contributed by atoms with Gasteiger partial charge >= 0.3 is 0 Å². The lowest BCUT2D eigenvalue weighted by molar-refractivity contribution is 0.0709. The first-order valence-electron chi connectivity index (χ1n) is 10.1. The molecule has 6 nitrogen and oxygen atoms in total. The van der Waals surface area contributed by atoms with E-state index in [4.69, 9.17) is 15.0 Å². The van der Waals surface area contributed by atoms with Gasteiger partial charge in [0.15, 0.2) is 5.76 Å². The molecule has 1 aromatic heterocycles. The number of likely N-dealkylation sites (tertiary alicyclic amines) is 1. The van der Waals surface area contributed by atoms with Gasteiger partial charge in [0.25, 0.3) is 5.91 Å². The van der Waals surface area contributed by atoms with Gasteiger partial charge in [0.1, 0.15) is 17.3 Å². The van der Waals surface area contributed by atoms with E-state index in [1.54, 1.807) is 4.90 Å². The van der Waals surface area contributed by atoms with E-state index in [1.165, 1.54) is 18.2 Å². The second-order valence-corrected chi connectivity index (χ2v) is 7.45. The zero-order valence-electron chi connectivity index (χ0n) is 17.2. The van der Waals surface area contributed by atoms with Crippen molar-refractivity contribution in [1.29, 1.82) is 0 Å². The topological polar surface area (TPSA) is 81.6 Å². The maximum absolute atomic E-state index is 14.5. The summed E-state index contributed by atoms with van der Waals surface area (Å²) in [5.74, 6) is 0.677. The predicted octanol–water partition coefficient (Wildman–Crippen LogP) is 4.81. The summed E-state index contributed by atoms with van der Waals surface area (Å²) in [6.07, 6.45) is 2.37. The number of benzene rings is 2. The van der Waals surface area contributed by atoms with Gasteiger partial charge in [-0.25, -0.2) is 4.39 Å². The Bertz CT molecular complexity index is 1040. The predicted molar refractivity (Wildman–Crippen MR) is 117 cm³/mol. The van der Waals surface area contributed by atoms with Gasteiger partial charge in [-0.3, -0.25) is 4.79 Å². The van der Waals surface area contributed by atoms with Gasteiger partial charge < -0.3 is 19.9 Å². The zero-order valence-corrected chi connectivity index (χ0v) is 18.0. The summed E-state index contributed by atoms with van der Waals surface area (Å²) in [5, 5.41) is 3.91. The summed E-state index contributed by atoms with van der Waals surface area (Å²) in [6.45, 7) is 2.95. The molecule has 1 aliphatic rings. The fourth-order valence-corrected chi connectivity index (χ4v) is 3.76. The highest BCUT2D eigenvalue weighted by Crippen LogP contribution is 2.34. The molecular weight excluding hydrogens is 421 g/mol. The minimum Gasteiger partial charge on any atom is -0.457 e. The van der Waals surface area contributed by atoms with Gasteiger partial charge in [0, 0.05) is 12.6 Å². The highest BCUT2D eigenvalue weighted by Gasteiger charge is 2.34. The van der Waals surface area contributed by atoms with E-state index in [2.05, 4.69) is 5.16 Å². The maximum atomic E-state index is 14.5. The lowest BCUT2D eigenvalue weighted by Crippen LogP contribution is -2.31. The van der Waals surface area contributed by atoms with Gasteiger partial charge in [-0.2, -0.15) is 0 Å². The van der Waals surface area contributed by atoms with Crippen molar-refractivity contribution in [3.63, 3.8) is 0 Å². The number of amides is 1. The number of carbonyl (C=O) groups is 1. The van der Waals surface area contributed by atoms with Crippen LogP contribution >= 0.6 is 12.4 Å². The number of nitrogens with two attached hydrogens (primary N) is 1. The van der Waals surface area contributed by atoms with E-state index < -0.39 is 5.82 Å². The monoisotopic (exact) mass is 445 g/mol. The molecular formula is C23H25ClFN3O3. The van der Waals surface area contributed by atoms with Crippen molar-refractivity contribution in [2.24, 2.45) is 5.73 Å². The van der Waals surface area contributed by atoms with E-state index in [0.29, 0.717) is 30.3 Å². The minimum absolute atomic E-state index is 0. The van der Waals surface area contributed by atoms with Crippen molar-refractivity contribution < 1.29 is 18.4 Å². The fourth-order valence-electron chi connectivity index (χ4n) is 3.76. The molecule has 8 heteroatoms. The van der Waals surface area contributed by atoms with Crippen LogP contribution in [0.25, 0.3) is 0 Å². The quantitative estimate of drug-likeness (QED) is 0.588.